The number of alkyl halides is 6. The van der Waals surface area contributed by atoms with Crippen molar-refractivity contribution in [3.63, 3.8) is 0 Å². The van der Waals surface area contributed by atoms with Gasteiger partial charge in [-0.05, 0) is 102 Å². The van der Waals surface area contributed by atoms with Gasteiger partial charge in [0.2, 0.25) is 0 Å². The molecule has 444 valence electrons. The summed E-state index contributed by atoms with van der Waals surface area (Å²) >= 11 is 0. The summed E-state index contributed by atoms with van der Waals surface area (Å²) in [7, 11) is -13.3. The number of hydrogen-bond acceptors (Lipinski definition) is 18. The molecule has 0 atom stereocenters. The van der Waals surface area contributed by atoms with E-state index in [-0.39, 0.29) is 40.7 Å². The van der Waals surface area contributed by atoms with Gasteiger partial charge in [0.05, 0.1) is 25.3 Å². The summed E-state index contributed by atoms with van der Waals surface area (Å²) in [6.45, 7) is -1.46. The van der Waals surface area contributed by atoms with Gasteiger partial charge in [-0.1, -0.05) is 106 Å². The van der Waals surface area contributed by atoms with E-state index >= 15 is 0 Å². The molecule has 0 aliphatic carbocycles. The molecule has 0 amide bonds. The van der Waals surface area contributed by atoms with Gasteiger partial charge in [-0.25, -0.2) is 28.1 Å². The maximum absolute atomic E-state index is 14.1. The second-order valence-electron chi connectivity index (χ2n) is 17.8. The van der Waals surface area contributed by atoms with Gasteiger partial charge < -0.3 is 14.2 Å². The molecule has 0 N–H and O–H groups in total. The van der Waals surface area contributed by atoms with Crippen LogP contribution in [0.2, 0.25) is 0 Å². The van der Waals surface area contributed by atoms with E-state index in [9.17, 15) is 66.0 Å². The number of nitrogens with zero attached hydrogens (tertiary/aromatic N) is 6. The summed E-state index contributed by atoms with van der Waals surface area (Å²) in [4.78, 5) is 41.6. The van der Waals surface area contributed by atoms with Gasteiger partial charge >= 0.3 is 59.8 Å². The third-order valence-corrected chi connectivity index (χ3v) is 14.5. The van der Waals surface area contributed by atoms with Crippen molar-refractivity contribution < 1.29 is 78.7 Å². The van der Waals surface area contributed by atoms with Gasteiger partial charge in [-0.2, -0.15) is 51.6 Å². The van der Waals surface area contributed by atoms with Crippen LogP contribution in [0.4, 0.5) is 26.3 Å². The minimum absolute atomic E-state index is 0.0882. The van der Waals surface area contributed by atoms with Gasteiger partial charge in [-0.15, -0.1) is 0 Å². The van der Waals surface area contributed by atoms with Crippen molar-refractivity contribution in [2.24, 2.45) is 15.5 Å². The van der Waals surface area contributed by atoms with Crippen LogP contribution >= 0.6 is 0 Å². The van der Waals surface area contributed by atoms with Crippen LogP contribution in [0.25, 0.3) is 0 Å². The van der Waals surface area contributed by atoms with E-state index in [1.54, 1.807) is 42.5 Å². The van der Waals surface area contributed by atoms with Crippen LogP contribution < -0.4 is 31.3 Å². The van der Waals surface area contributed by atoms with Crippen LogP contribution in [-0.2, 0) is 80.1 Å². The maximum Gasteiger partial charge on any atom is 0.437 e. The van der Waals surface area contributed by atoms with Crippen molar-refractivity contribution in [2.75, 3.05) is 19.8 Å². The first-order valence-corrected chi connectivity index (χ1v) is 29.3. The van der Waals surface area contributed by atoms with Gasteiger partial charge in [0.25, 0.3) is 0 Å². The van der Waals surface area contributed by atoms with Crippen LogP contribution in [0.15, 0.2) is 194 Å². The van der Waals surface area contributed by atoms with Crippen LogP contribution in [0.1, 0.15) is 40.3 Å². The predicted molar refractivity (Wildman–Crippen MR) is 293 cm³/mol. The lowest BCUT2D eigenvalue weighted by Gasteiger charge is -2.16. The maximum atomic E-state index is 14.1. The first kappa shape index (κ1) is 62.6. The summed E-state index contributed by atoms with van der Waals surface area (Å²) in [6, 6.07) is 37.2. The molecule has 0 bridgehead atoms. The SMILES string of the molecule is C/C(=N\OS(=O)(=O)Cc1ccccc1)c1ccc(OCCn2c(=O)n(CCOc3ccc(/C(=N/OS(=O)(=O)Cc4ccccc4)C(F)(F)F)cc3)c(=O)n(CCOc3ccc(/C(=N/OS(=O)(=O)Cc4ccccc4)C(F)(F)F)cc3)c2=O)cc1. The first-order valence-electron chi connectivity index (χ1n) is 24.6. The second-order valence-corrected chi connectivity index (χ2v) is 22.4. The summed E-state index contributed by atoms with van der Waals surface area (Å²) in [5, 5.41) is 9.56. The predicted octanol–water partition coefficient (Wildman–Crippen LogP) is 7.31. The fourth-order valence-corrected chi connectivity index (χ4v) is 10.1. The molecular formula is C54H48F6N6O15S3. The third kappa shape index (κ3) is 18.2. The Labute approximate surface area is 475 Å². The molecule has 1 aromatic heterocycles. The zero-order chi connectivity index (χ0) is 60.7. The van der Waals surface area contributed by atoms with Gasteiger partial charge in [-0.3, -0.25) is 12.9 Å². The van der Waals surface area contributed by atoms with Crippen molar-refractivity contribution in [2.45, 2.75) is 56.2 Å². The highest BCUT2D eigenvalue weighted by Crippen LogP contribution is 2.27. The molecule has 0 aliphatic rings. The molecule has 0 fully saturated rings. The molecule has 7 rings (SSSR count). The average molecular weight is 1230 g/mol. The number of halogens is 6. The van der Waals surface area contributed by atoms with E-state index < -0.39 is 132 Å². The Kier molecular flexibility index (Phi) is 20.4. The van der Waals surface area contributed by atoms with Crippen molar-refractivity contribution in [3.8, 4) is 17.2 Å². The van der Waals surface area contributed by atoms with Crippen molar-refractivity contribution in [3.05, 3.63) is 229 Å². The zero-order valence-electron chi connectivity index (χ0n) is 43.8. The lowest BCUT2D eigenvalue weighted by Crippen LogP contribution is -2.55. The van der Waals surface area contributed by atoms with Crippen LogP contribution in [0, 0.1) is 0 Å². The second kappa shape index (κ2) is 27.4. The fourth-order valence-electron chi connectivity index (χ4n) is 7.54. The Hall–Kier alpha value is -9.03. The number of aromatic nitrogens is 3. The highest BCUT2D eigenvalue weighted by atomic mass is 32.2. The number of rotatable bonds is 27. The largest absolute Gasteiger partial charge is 0.492 e. The Morgan fingerprint density at radius 1 is 0.393 bits per heavy atom. The van der Waals surface area contributed by atoms with Gasteiger partial charge in [0.15, 0.2) is 11.4 Å². The molecule has 0 unspecified atom stereocenters. The number of hydrogen-bond donors (Lipinski definition) is 0. The Morgan fingerprint density at radius 3 is 0.929 bits per heavy atom. The molecule has 0 saturated carbocycles. The van der Waals surface area contributed by atoms with Crippen LogP contribution in [0.3, 0.4) is 0 Å². The Morgan fingerprint density at radius 2 is 0.655 bits per heavy atom. The minimum Gasteiger partial charge on any atom is -0.492 e. The van der Waals surface area contributed by atoms with E-state index in [1.165, 1.54) is 79.7 Å². The Balaban J connectivity index is 1.06. The molecule has 1 heterocycles. The highest BCUT2D eigenvalue weighted by molar-refractivity contribution is 7.86. The molecule has 0 radical (unpaired) electrons. The van der Waals surface area contributed by atoms with Crippen LogP contribution in [-0.4, -0.2) is 88.3 Å². The molecular weight excluding hydrogens is 1180 g/mol. The summed E-state index contributed by atoms with van der Waals surface area (Å²) in [5.41, 5.74) is -6.50. The average Bonchev–Trinajstić information content (AvgIpc) is 2.79. The molecule has 21 nitrogen and oxygen atoms in total. The summed E-state index contributed by atoms with van der Waals surface area (Å²) in [6.07, 6.45) is -10.4. The van der Waals surface area contributed by atoms with E-state index in [2.05, 4.69) is 24.0 Å². The molecule has 0 spiro atoms. The van der Waals surface area contributed by atoms with Crippen molar-refractivity contribution >= 4 is 47.5 Å². The molecule has 0 aliphatic heterocycles. The fraction of sp³-hybridized carbons (Fsp3) is 0.222. The zero-order valence-corrected chi connectivity index (χ0v) is 46.2. The van der Waals surface area contributed by atoms with E-state index in [0.29, 0.717) is 24.8 Å². The van der Waals surface area contributed by atoms with E-state index in [1.807, 2.05) is 0 Å². The normalized spacial score (nSPS) is 12.8. The standard InChI is InChI=1S/C54H48F6N6O15S3/c1-38(61-79-82(70,71)35-39-11-5-2-6-12-39)42-17-23-45(24-18-42)76-32-29-64-50(67)65(30-33-77-46-25-19-43(20-26-46)48(53(55,56)57)62-80-83(72,73)36-40-13-7-3-8-14-40)52(69)66(51(64)68)31-34-78-47-27-21-44(22-28-47)49(54(58,59)60)63-81-84(74,75)37-41-15-9-4-10-16-41/h2-28H,29-37H2,1H3/b61-38+,62-48-,63-49-. The van der Waals surface area contributed by atoms with Gasteiger partial charge in [0.1, 0.15) is 54.3 Å². The molecule has 6 aromatic carbocycles. The number of ether oxygens (including phenoxy) is 3. The van der Waals surface area contributed by atoms with E-state index in [0.717, 1.165) is 48.5 Å². The molecule has 7 aromatic rings. The summed E-state index contributed by atoms with van der Waals surface area (Å²) < 4.78 is 192. The highest BCUT2D eigenvalue weighted by Gasteiger charge is 2.40. The topological polar surface area (TPSA) is 261 Å². The quantitative estimate of drug-likeness (QED) is 0.0278. The molecule has 84 heavy (non-hydrogen) atoms. The van der Waals surface area contributed by atoms with Crippen molar-refractivity contribution in [1.29, 1.82) is 0 Å². The third-order valence-electron chi connectivity index (χ3n) is 11.5. The number of benzene rings is 6. The smallest absolute Gasteiger partial charge is 0.437 e. The monoisotopic (exact) mass is 1230 g/mol. The van der Waals surface area contributed by atoms with Crippen LogP contribution in [0.5, 0.6) is 17.2 Å². The van der Waals surface area contributed by atoms with Crippen molar-refractivity contribution in [1.82, 2.24) is 13.7 Å². The lowest BCUT2D eigenvalue weighted by atomic mass is 10.1. The molecule has 0 saturated heterocycles. The first-order chi connectivity index (χ1) is 39.8. The Bertz CT molecular complexity index is 3830. The minimum atomic E-state index is -5.19. The number of oxime groups is 3. The molecule has 30 heteroatoms. The van der Waals surface area contributed by atoms with Gasteiger partial charge in [0, 0.05) is 11.1 Å². The summed E-state index contributed by atoms with van der Waals surface area (Å²) in [5.74, 6) is -1.92. The lowest BCUT2D eigenvalue weighted by molar-refractivity contribution is -0.0606. The van der Waals surface area contributed by atoms with E-state index in [4.69, 9.17) is 18.5 Å².